The summed E-state index contributed by atoms with van der Waals surface area (Å²) < 4.78 is 9.71. The van der Waals surface area contributed by atoms with Gasteiger partial charge < -0.3 is 35.2 Å². The van der Waals surface area contributed by atoms with Crippen molar-refractivity contribution in [1.29, 1.82) is 0 Å². The highest BCUT2D eigenvalue weighted by Gasteiger charge is 2.39. The highest BCUT2D eigenvalue weighted by atomic mass is 16.5. The Morgan fingerprint density at radius 3 is 1.88 bits per heavy atom. The van der Waals surface area contributed by atoms with Crippen molar-refractivity contribution in [3.05, 3.63) is 142 Å². The van der Waals surface area contributed by atoms with Gasteiger partial charge in [-0.25, -0.2) is 9.59 Å². The summed E-state index contributed by atoms with van der Waals surface area (Å²) in [5.74, 6) is -1.23. The number of allylic oxidation sites excluding steroid dienone is 2. The summed E-state index contributed by atoms with van der Waals surface area (Å²) >= 11 is 0. The van der Waals surface area contributed by atoms with Crippen molar-refractivity contribution in [2.45, 2.75) is 0 Å². The molecule has 0 saturated carbocycles. The van der Waals surface area contributed by atoms with Gasteiger partial charge in [0, 0.05) is 38.6 Å². The Morgan fingerprint density at radius 1 is 0.654 bits per heavy atom. The van der Waals surface area contributed by atoms with E-state index in [1.54, 1.807) is 24.3 Å². The minimum Gasteiger partial charge on any atom is -0.506 e. The second kappa shape index (κ2) is 11.9. The van der Waals surface area contributed by atoms with E-state index in [-0.39, 0.29) is 29.7 Å². The minimum atomic E-state index is -0.508. The molecule has 0 fully saturated rings. The van der Waals surface area contributed by atoms with Crippen LogP contribution in [0.3, 0.4) is 0 Å². The number of hydrogen-bond donors (Lipinski definition) is 4. The van der Waals surface area contributed by atoms with Crippen LogP contribution in [0.15, 0.2) is 120 Å². The largest absolute Gasteiger partial charge is 0.506 e. The predicted molar refractivity (Wildman–Crippen MR) is 204 cm³/mol. The van der Waals surface area contributed by atoms with Crippen molar-refractivity contribution in [3.63, 3.8) is 0 Å². The molecule has 0 atom stereocenters. The van der Waals surface area contributed by atoms with Crippen LogP contribution in [0.1, 0.15) is 26.3 Å². The zero-order valence-electron chi connectivity index (χ0n) is 28.0. The number of esters is 2. The van der Waals surface area contributed by atoms with E-state index in [2.05, 4.69) is 15.7 Å². The van der Waals surface area contributed by atoms with Gasteiger partial charge in [-0.3, -0.25) is 4.79 Å². The Balaban J connectivity index is 1.17. The summed E-state index contributed by atoms with van der Waals surface area (Å²) in [5, 5.41) is 27.2. The standard InChI is InChI=1S/C40H28B2N4O6/c1-51-39(49)23-9-15-25(16-10-23)41-43-29-7-3-5-21-13-19-27(35(45-41)31(21)29)33-37(47)34(38(33)48)28-20-14-22-6-4-8-30-32(22)36(28)46-42(44-30)26-17-11-24(12-18-26)40(50)52-2/h3-20,43-45,47H,1-2H3/b34-28+. The number of carbonyl (C=O) groups excluding carboxylic acids is 3. The van der Waals surface area contributed by atoms with Gasteiger partial charge in [-0.2, -0.15) is 0 Å². The van der Waals surface area contributed by atoms with Gasteiger partial charge in [-0.15, -0.1) is 0 Å². The van der Waals surface area contributed by atoms with Gasteiger partial charge in [-0.1, -0.05) is 72.8 Å². The van der Waals surface area contributed by atoms with Gasteiger partial charge >= 0.3 is 25.9 Å². The van der Waals surface area contributed by atoms with Crippen LogP contribution in [-0.2, 0) is 14.3 Å². The van der Waals surface area contributed by atoms with E-state index in [1.807, 2.05) is 84.9 Å². The van der Waals surface area contributed by atoms with Gasteiger partial charge in [0.15, 0.2) is 0 Å². The Morgan fingerprint density at radius 2 is 1.25 bits per heavy atom. The van der Waals surface area contributed by atoms with E-state index < -0.39 is 18.9 Å². The number of nitrogens with one attached hydrogen (secondary N) is 3. The Bertz CT molecular complexity index is 2710. The maximum Gasteiger partial charge on any atom is 0.427 e. The third kappa shape index (κ3) is 4.75. The molecule has 250 valence electrons. The lowest BCUT2D eigenvalue weighted by atomic mass is 9.65. The number of ether oxygens (including phenoxy) is 2. The van der Waals surface area contributed by atoms with Gasteiger partial charge in [0.2, 0.25) is 5.78 Å². The minimum absolute atomic E-state index is 0.0989. The number of ketones is 1. The van der Waals surface area contributed by atoms with Crippen LogP contribution >= 0.6 is 0 Å². The van der Waals surface area contributed by atoms with Crippen molar-refractivity contribution in [3.8, 4) is 0 Å². The van der Waals surface area contributed by atoms with Crippen molar-refractivity contribution in [2.24, 2.45) is 4.90 Å². The fraction of sp³-hybridized carbons (Fsp3) is 0.0500. The first kappa shape index (κ1) is 31.2. The Labute approximate surface area is 297 Å². The fourth-order valence-electron chi connectivity index (χ4n) is 7.39. The van der Waals surface area contributed by atoms with Crippen LogP contribution < -0.4 is 37.2 Å². The first-order valence-electron chi connectivity index (χ1n) is 16.7. The highest BCUT2D eigenvalue weighted by Crippen LogP contribution is 2.45. The lowest BCUT2D eigenvalue weighted by molar-refractivity contribution is -0.109. The van der Waals surface area contributed by atoms with Crippen LogP contribution in [0, 0.1) is 0 Å². The van der Waals surface area contributed by atoms with E-state index in [0.29, 0.717) is 33.0 Å². The van der Waals surface area contributed by atoms with Crippen molar-refractivity contribution < 1.29 is 29.0 Å². The quantitative estimate of drug-likeness (QED) is 0.157. The average molecular weight is 682 g/mol. The summed E-state index contributed by atoms with van der Waals surface area (Å²) in [6.07, 6.45) is 0. The summed E-state index contributed by atoms with van der Waals surface area (Å²) in [6.45, 7) is -0.897. The van der Waals surface area contributed by atoms with Crippen molar-refractivity contribution in [1.82, 2.24) is 0 Å². The second-order valence-electron chi connectivity index (χ2n) is 12.8. The smallest absolute Gasteiger partial charge is 0.427 e. The fourth-order valence-corrected chi connectivity index (χ4v) is 7.39. The molecule has 2 heterocycles. The molecule has 0 radical (unpaired) electrons. The molecule has 0 unspecified atom stereocenters. The number of nitrogens with zero attached hydrogens (tertiary/aromatic N) is 1. The zero-order valence-corrected chi connectivity index (χ0v) is 28.0. The van der Waals surface area contributed by atoms with Crippen LogP contribution in [0.2, 0.25) is 0 Å². The number of Topliss-reactive ketones (excluding diaryl/α,β-unsaturated/α-hetero) is 1. The molecule has 52 heavy (non-hydrogen) atoms. The lowest BCUT2D eigenvalue weighted by Crippen LogP contribution is -2.48. The lowest BCUT2D eigenvalue weighted by Gasteiger charge is -2.31. The topological polar surface area (TPSA) is 138 Å². The first-order chi connectivity index (χ1) is 25.3. The van der Waals surface area contributed by atoms with E-state index >= 15 is 0 Å². The molecule has 0 saturated heterocycles. The van der Waals surface area contributed by atoms with Gasteiger partial charge in [-0.05, 0) is 58.1 Å². The van der Waals surface area contributed by atoms with E-state index in [4.69, 9.17) is 14.4 Å². The third-order valence-corrected chi connectivity index (χ3v) is 9.98. The molecule has 1 aliphatic carbocycles. The SMILES string of the molecule is COC(=O)c1ccc(B2N=c3/c(=C4/C(=O)C(c5ccc6cccc7c6c5NB(c5ccc(C(=O)OC)cc5)N7)=C4O)ccc4cccc(c34)N2)cc1. The van der Waals surface area contributed by atoms with E-state index in [0.717, 1.165) is 43.8 Å². The van der Waals surface area contributed by atoms with E-state index in [9.17, 15) is 19.5 Å². The number of rotatable bonds is 5. The predicted octanol–water partition coefficient (Wildman–Crippen LogP) is 3.94. The number of methoxy groups -OCH3 is 2. The number of aliphatic hydroxyl groups is 1. The zero-order chi connectivity index (χ0) is 35.7. The van der Waals surface area contributed by atoms with Gasteiger partial charge in [0.05, 0.1) is 41.8 Å². The Hall–Kier alpha value is -6.81. The van der Waals surface area contributed by atoms with Crippen molar-refractivity contribution in [2.75, 3.05) is 29.9 Å². The number of hydrogen-bond acceptors (Lipinski definition) is 10. The monoisotopic (exact) mass is 682 g/mol. The first-order valence-corrected chi connectivity index (χ1v) is 16.7. The maximum absolute atomic E-state index is 14.3. The van der Waals surface area contributed by atoms with Gasteiger partial charge in [0.1, 0.15) is 5.76 Å². The molecule has 4 N–H and O–H groups in total. The van der Waals surface area contributed by atoms with E-state index in [1.165, 1.54) is 14.2 Å². The van der Waals surface area contributed by atoms with Crippen LogP contribution in [0.5, 0.6) is 0 Å². The maximum atomic E-state index is 14.3. The van der Waals surface area contributed by atoms with Crippen LogP contribution in [-0.4, -0.2) is 51.0 Å². The summed E-state index contributed by atoms with van der Waals surface area (Å²) in [7, 11) is 2.69. The molecule has 6 aromatic rings. The normalized spacial score (nSPS) is 15.3. The summed E-state index contributed by atoms with van der Waals surface area (Å²) in [4.78, 5) is 43.5. The molecular formula is C40H28B2N4O6. The summed E-state index contributed by atoms with van der Waals surface area (Å²) in [6, 6.07) is 33.6. The molecule has 0 amide bonds. The molecular weight excluding hydrogens is 654 g/mol. The van der Waals surface area contributed by atoms with Gasteiger partial charge in [0.25, 0.3) is 0 Å². The molecule has 10 nitrogen and oxygen atoms in total. The molecule has 12 heteroatoms. The second-order valence-corrected chi connectivity index (χ2v) is 12.8. The molecule has 0 bridgehead atoms. The highest BCUT2D eigenvalue weighted by molar-refractivity contribution is 6.80. The third-order valence-electron chi connectivity index (χ3n) is 9.98. The molecule has 0 spiro atoms. The van der Waals surface area contributed by atoms with Crippen LogP contribution in [0.25, 0.3) is 32.7 Å². The Kier molecular flexibility index (Phi) is 7.14. The molecule has 6 aromatic carbocycles. The molecule has 0 aromatic heterocycles. The number of aliphatic hydroxyl groups excluding tert-OH is 1. The number of carbonyl (C=O) groups is 3. The number of benzene rings is 6. The van der Waals surface area contributed by atoms with Crippen LogP contribution in [0.4, 0.5) is 17.1 Å². The van der Waals surface area contributed by atoms with Crippen molar-refractivity contribution >= 4 is 92.4 Å². The summed E-state index contributed by atoms with van der Waals surface area (Å²) in [5.41, 5.74) is 5.99. The molecule has 3 aliphatic rings. The molecule has 2 aliphatic heterocycles. The average Bonchev–Trinajstić information content (AvgIpc) is 3.19. The number of anilines is 3. The molecule has 9 rings (SSSR count).